The molecule has 0 saturated heterocycles. The minimum Gasteiger partial charge on any atom is -0.398 e. The minimum atomic E-state index is 0.716. The van der Waals surface area contributed by atoms with E-state index in [2.05, 4.69) is 32.6 Å². The molecule has 1 aromatic carbocycles. The molecule has 0 aliphatic rings. The second kappa shape index (κ2) is 4.80. The molecular weight excluding hydrogens is 321 g/mol. The third-order valence-electron chi connectivity index (χ3n) is 1.72. The molecule has 0 unspecified atom stereocenters. The van der Waals surface area contributed by atoms with Crippen LogP contribution in [-0.2, 0) is 0 Å². The maximum Gasteiger partial charge on any atom is 0.192 e. The molecule has 2 aromatic rings. The van der Waals surface area contributed by atoms with Gasteiger partial charge in [0.05, 0.1) is 0 Å². The van der Waals surface area contributed by atoms with Crippen LogP contribution in [0.15, 0.2) is 46.7 Å². The number of nitrogens with two attached hydrogens (primary N) is 1. The van der Waals surface area contributed by atoms with Crippen molar-refractivity contribution in [3.8, 4) is 0 Å². The van der Waals surface area contributed by atoms with Crippen LogP contribution in [0.2, 0.25) is 0 Å². The van der Waals surface area contributed by atoms with E-state index in [-0.39, 0.29) is 0 Å². The fourth-order valence-electron chi connectivity index (χ4n) is 1.02. The zero-order chi connectivity index (χ0) is 10.7. The van der Waals surface area contributed by atoms with Crippen LogP contribution in [0.3, 0.4) is 0 Å². The predicted molar refractivity (Wildman–Crippen MR) is 69.7 cm³/mol. The van der Waals surface area contributed by atoms with Crippen LogP contribution in [0.5, 0.6) is 0 Å². The van der Waals surface area contributed by atoms with Gasteiger partial charge < -0.3 is 5.73 Å². The van der Waals surface area contributed by atoms with Crippen molar-refractivity contribution < 1.29 is 0 Å². The highest BCUT2D eigenvalue weighted by Gasteiger charge is 2.02. The normalized spacial score (nSPS) is 10.2. The van der Waals surface area contributed by atoms with Gasteiger partial charge in [-0.2, -0.15) is 0 Å². The first-order valence-electron chi connectivity index (χ1n) is 4.25. The summed E-state index contributed by atoms with van der Waals surface area (Å²) in [5.74, 6) is 0. The molecule has 2 rings (SSSR count). The van der Waals surface area contributed by atoms with Crippen LogP contribution < -0.4 is 5.73 Å². The van der Waals surface area contributed by atoms with Crippen molar-refractivity contribution in [2.24, 2.45) is 0 Å². The Morgan fingerprint density at radius 1 is 1.13 bits per heavy atom. The van der Waals surface area contributed by atoms with E-state index < -0.39 is 0 Å². The summed E-state index contributed by atoms with van der Waals surface area (Å²) in [6, 6.07) is 7.69. The number of hydrogen-bond donors (Lipinski definition) is 1. The lowest BCUT2D eigenvalue weighted by Gasteiger charge is -2.02. The Kier molecular flexibility index (Phi) is 3.42. The SMILES string of the molecule is Nc1ccccc1Sc1ncc(I)cn1. The molecule has 0 bridgehead atoms. The summed E-state index contributed by atoms with van der Waals surface area (Å²) < 4.78 is 1.03. The van der Waals surface area contributed by atoms with Crippen LogP contribution in [0.1, 0.15) is 0 Å². The average Bonchev–Trinajstić information content (AvgIpc) is 2.25. The Balaban J connectivity index is 2.22. The van der Waals surface area contributed by atoms with Crippen LogP contribution >= 0.6 is 34.4 Å². The molecule has 0 fully saturated rings. The summed E-state index contributed by atoms with van der Waals surface area (Å²) in [5, 5.41) is 0.716. The van der Waals surface area contributed by atoms with Gasteiger partial charge in [-0.25, -0.2) is 9.97 Å². The molecule has 0 radical (unpaired) electrons. The van der Waals surface area contributed by atoms with Crippen LogP contribution in [-0.4, -0.2) is 9.97 Å². The van der Waals surface area contributed by atoms with Gasteiger partial charge in [0.2, 0.25) is 0 Å². The molecule has 0 atom stereocenters. The Hall–Kier alpha value is -0.820. The van der Waals surface area contributed by atoms with Crippen molar-refractivity contribution in [3.05, 3.63) is 40.2 Å². The maximum atomic E-state index is 5.82. The maximum absolute atomic E-state index is 5.82. The van der Waals surface area contributed by atoms with Gasteiger partial charge in [0.1, 0.15) is 0 Å². The van der Waals surface area contributed by atoms with Gasteiger partial charge in [-0.3, -0.25) is 0 Å². The molecule has 0 amide bonds. The summed E-state index contributed by atoms with van der Waals surface area (Å²) in [4.78, 5) is 9.39. The van der Waals surface area contributed by atoms with E-state index in [9.17, 15) is 0 Å². The monoisotopic (exact) mass is 329 g/mol. The Morgan fingerprint density at radius 2 is 1.80 bits per heavy atom. The summed E-state index contributed by atoms with van der Waals surface area (Å²) >= 11 is 3.65. The second-order valence-electron chi connectivity index (χ2n) is 2.82. The van der Waals surface area contributed by atoms with E-state index >= 15 is 0 Å². The van der Waals surface area contributed by atoms with E-state index in [0.29, 0.717) is 5.16 Å². The van der Waals surface area contributed by atoms with Crippen molar-refractivity contribution in [1.82, 2.24) is 9.97 Å². The van der Waals surface area contributed by atoms with E-state index in [4.69, 9.17) is 5.73 Å². The quantitative estimate of drug-likeness (QED) is 0.523. The number of halogens is 1. The summed E-state index contributed by atoms with van der Waals surface area (Å²) in [6.45, 7) is 0. The van der Waals surface area contributed by atoms with Gasteiger partial charge in [-0.1, -0.05) is 12.1 Å². The molecule has 5 heteroatoms. The number of anilines is 1. The van der Waals surface area contributed by atoms with Gasteiger partial charge in [0, 0.05) is 26.5 Å². The summed E-state index contributed by atoms with van der Waals surface area (Å²) in [5.41, 5.74) is 6.57. The number of rotatable bonds is 2. The van der Waals surface area contributed by atoms with E-state index in [1.54, 1.807) is 12.4 Å². The first-order chi connectivity index (χ1) is 7.25. The fourth-order valence-corrected chi connectivity index (χ4v) is 2.04. The van der Waals surface area contributed by atoms with Crippen molar-refractivity contribution in [2.75, 3.05) is 5.73 Å². The first kappa shape index (κ1) is 10.7. The molecule has 1 heterocycles. The standard InChI is InChI=1S/C10H8IN3S/c11-7-5-13-10(14-6-7)15-9-4-2-1-3-8(9)12/h1-6H,12H2. The number of para-hydroxylation sites is 1. The molecule has 76 valence electrons. The lowest BCUT2D eigenvalue weighted by atomic mass is 10.3. The largest absolute Gasteiger partial charge is 0.398 e. The molecule has 1 aromatic heterocycles. The third-order valence-corrected chi connectivity index (χ3v) is 3.26. The number of aromatic nitrogens is 2. The Bertz CT molecular complexity index is 458. The Labute approximate surface area is 106 Å². The van der Waals surface area contributed by atoms with Crippen LogP contribution in [0.4, 0.5) is 5.69 Å². The van der Waals surface area contributed by atoms with Gasteiger partial charge in [-0.15, -0.1) is 0 Å². The van der Waals surface area contributed by atoms with Gasteiger partial charge >= 0.3 is 0 Å². The van der Waals surface area contributed by atoms with Crippen molar-refractivity contribution in [3.63, 3.8) is 0 Å². The highest BCUT2D eigenvalue weighted by atomic mass is 127. The third kappa shape index (κ3) is 2.82. The molecule has 0 aliphatic carbocycles. The summed E-state index contributed by atoms with van der Waals surface area (Å²) in [6.07, 6.45) is 3.57. The number of hydrogen-bond acceptors (Lipinski definition) is 4. The van der Waals surface area contributed by atoms with Crippen molar-refractivity contribution in [2.45, 2.75) is 10.1 Å². The van der Waals surface area contributed by atoms with Gasteiger partial charge in [-0.05, 0) is 46.5 Å². The number of benzene rings is 1. The van der Waals surface area contributed by atoms with Crippen molar-refractivity contribution >= 4 is 40.0 Å². The van der Waals surface area contributed by atoms with Gasteiger partial charge in [0.25, 0.3) is 0 Å². The highest BCUT2D eigenvalue weighted by Crippen LogP contribution is 2.28. The topological polar surface area (TPSA) is 51.8 Å². The van der Waals surface area contributed by atoms with Gasteiger partial charge in [0.15, 0.2) is 5.16 Å². The van der Waals surface area contributed by atoms with Crippen LogP contribution in [0, 0.1) is 3.57 Å². The number of nitrogen functional groups attached to an aromatic ring is 1. The van der Waals surface area contributed by atoms with E-state index in [0.717, 1.165) is 14.2 Å². The molecular formula is C10H8IN3S. The predicted octanol–water partition coefficient (Wildman–Crippen LogP) is 2.81. The number of nitrogens with zero attached hydrogens (tertiary/aromatic N) is 2. The smallest absolute Gasteiger partial charge is 0.192 e. The highest BCUT2D eigenvalue weighted by molar-refractivity contribution is 14.1. The van der Waals surface area contributed by atoms with E-state index in [1.807, 2.05) is 24.3 Å². The Morgan fingerprint density at radius 3 is 2.47 bits per heavy atom. The van der Waals surface area contributed by atoms with E-state index in [1.165, 1.54) is 11.8 Å². The molecule has 0 spiro atoms. The molecule has 2 N–H and O–H groups in total. The zero-order valence-corrected chi connectivity index (χ0v) is 10.7. The van der Waals surface area contributed by atoms with Crippen LogP contribution in [0.25, 0.3) is 0 Å². The lowest BCUT2D eigenvalue weighted by molar-refractivity contribution is 0.957. The minimum absolute atomic E-state index is 0.716. The zero-order valence-electron chi connectivity index (χ0n) is 7.72. The lowest BCUT2D eigenvalue weighted by Crippen LogP contribution is -1.90. The fraction of sp³-hybridized carbons (Fsp3) is 0. The molecule has 3 nitrogen and oxygen atoms in total. The second-order valence-corrected chi connectivity index (χ2v) is 5.08. The average molecular weight is 329 g/mol. The van der Waals surface area contributed by atoms with Crippen molar-refractivity contribution in [1.29, 1.82) is 0 Å². The molecule has 0 saturated carbocycles. The molecule has 0 aliphatic heterocycles. The molecule has 15 heavy (non-hydrogen) atoms. The first-order valence-corrected chi connectivity index (χ1v) is 6.15. The summed E-state index contributed by atoms with van der Waals surface area (Å²) in [7, 11) is 0.